The van der Waals surface area contributed by atoms with E-state index < -0.39 is 5.97 Å². The van der Waals surface area contributed by atoms with E-state index in [-0.39, 0.29) is 11.6 Å². The second-order valence-electron chi connectivity index (χ2n) is 2.64. The number of hydrogen-bond donors (Lipinski definition) is 1. The van der Waals surface area contributed by atoms with E-state index >= 15 is 0 Å². The van der Waals surface area contributed by atoms with Crippen molar-refractivity contribution < 1.29 is 14.7 Å². The predicted octanol–water partition coefficient (Wildman–Crippen LogP) is 0.158. The Labute approximate surface area is 80.2 Å². The van der Waals surface area contributed by atoms with Gasteiger partial charge in [0.25, 0.3) is 0 Å². The summed E-state index contributed by atoms with van der Waals surface area (Å²) in [4.78, 5) is 30.0. The van der Waals surface area contributed by atoms with Crippen molar-refractivity contribution in [2.45, 2.75) is 6.92 Å². The Balaban J connectivity index is 2.94. The van der Waals surface area contributed by atoms with Gasteiger partial charge < -0.3 is 5.11 Å². The van der Waals surface area contributed by atoms with Crippen molar-refractivity contribution in [1.82, 2.24) is 9.97 Å². The van der Waals surface area contributed by atoms with Crippen molar-refractivity contribution in [2.75, 3.05) is 11.9 Å². The van der Waals surface area contributed by atoms with Crippen molar-refractivity contribution >= 4 is 17.7 Å². The van der Waals surface area contributed by atoms with E-state index in [1.165, 1.54) is 25.1 Å². The fourth-order valence-electron chi connectivity index (χ4n) is 0.766. The normalized spacial score (nSPS) is 9.57. The van der Waals surface area contributed by atoms with Gasteiger partial charge in [-0.3, -0.25) is 9.69 Å². The van der Waals surface area contributed by atoms with Crippen molar-refractivity contribution in [2.24, 2.45) is 0 Å². The molecule has 0 unspecified atom stereocenters. The molecule has 1 amide bonds. The summed E-state index contributed by atoms with van der Waals surface area (Å²) in [7, 11) is 1.53. The molecule has 6 nitrogen and oxygen atoms in total. The molecule has 1 heterocycles. The summed E-state index contributed by atoms with van der Waals surface area (Å²) in [6, 6.07) is 0. The van der Waals surface area contributed by atoms with Crippen LogP contribution in [0.1, 0.15) is 17.4 Å². The highest BCUT2D eigenvalue weighted by atomic mass is 16.4. The lowest BCUT2D eigenvalue weighted by atomic mass is 10.4. The fourth-order valence-corrected chi connectivity index (χ4v) is 0.766. The van der Waals surface area contributed by atoms with Crippen molar-refractivity contribution in [1.29, 1.82) is 0 Å². The molecule has 0 saturated heterocycles. The topological polar surface area (TPSA) is 83.4 Å². The number of nitrogens with zero attached hydrogens (tertiary/aromatic N) is 3. The summed E-state index contributed by atoms with van der Waals surface area (Å²) in [6.45, 7) is 1.38. The van der Waals surface area contributed by atoms with E-state index in [9.17, 15) is 9.59 Å². The first-order valence-electron chi connectivity index (χ1n) is 3.82. The number of aromatic carboxylic acids is 1. The minimum absolute atomic E-state index is 0.147. The lowest BCUT2D eigenvalue weighted by Gasteiger charge is -2.12. The van der Waals surface area contributed by atoms with Gasteiger partial charge in [-0.15, -0.1) is 0 Å². The predicted molar refractivity (Wildman–Crippen MR) is 48.1 cm³/mol. The maximum absolute atomic E-state index is 10.9. The van der Waals surface area contributed by atoms with E-state index in [4.69, 9.17) is 5.11 Å². The van der Waals surface area contributed by atoms with E-state index in [1.807, 2.05) is 0 Å². The lowest BCUT2D eigenvalue weighted by molar-refractivity contribution is -0.116. The standard InChI is InChI=1S/C8H9N3O3/c1-5(12)11(2)7-4-9-6(3-10-7)8(13)14/h3-4H,1-2H3,(H,13,14). The molecule has 0 aliphatic rings. The third kappa shape index (κ3) is 2.03. The molecule has 1 aromatic heterocycles. The summed E-state index contributed by atoms with van der Waals surface area (Å²) >= 11 is 0. The van der Waals surface area contributed by atoms with Crippen LogP contribution >= 0.6 is 0 Å². The minimum atomic E-state index is -1.14. The van der Waals surface area contributed by atoms with Crippen molar-refractivity contribution in [3.63, 3.8) is 0 Å². The van der Waals surface area contributed by atoms with Crippen LogP contribution in [0.5, 0.6) is 0 Å². The molecule has 74 valence electrons. The first-order valence-corrected chi connectivity index (χ1v) is 3.82. The quantitative estimate of drug-likeness (QED) is 0.726. The zero-order valence-electron chi connectivity index (χ0n) is 7.76. The number of aromatic nitrogens is 2. The van der Waals surface area contributed by atoms with Crippen LogP contribution in [0.3, 0.4) is 0 Å². The fraction of sp³-hybridized carbons (Fsp3) is 0.250. The molecule has 14 heavy (non-hydrogen) atoms. The Kier molecular flexibility index (Phi) is 2.76. The van der Waals surface area contributed by atoms with Crippen LogP contribution in [-0.4, -0.2) is 34.0 Å². The first-order chi connectivity index (χ1) is 6.52. The number of carboxylic acid groups (broad SMARTS) is 1. The minimum Gasteiger partial charge on any atom is -0.476 e. The zero-order valence-corrected chi connectivity index (χ0v) is 7.76. The molecule has 6 heteroatoms. The third-order valence-corrected chi connectivity index (χ3v) is 1.67. The Morgan fingerprint density at radius 2 is 2.00 bits per heavy atom. The largest absolute Gasteiger partial charge is 0.476 e. The van der Waals surface area contributed by atoms with Crippen LogP contribution < -0.4 is 4.90 Å². The summed E-state index contributed by atoms with van der Waals surface area (Å²) in [5.41, 5.74) is -0.147. The van der Waals surface area contributed by atoms with Crippen molar-refractivity contribution in [3.05, 3.63) is 18.1 Å². The highest BCUT2D eigenvalue weighted by molar-refractivity contribution is 5.90. The van der Waals surface area contributed by atoms with Crippen LogP contribution in [0.25, 0.3) is 0 Å². The Bertz CT molecular complexity index is 361. The van der Waals surface area contributed by atoms with Crippen molar-refractivity contribution in [3.8, 4) is 0 Å². The molecule has 0 spiro atoms. The number of carboxylic acids is 1. The van der Waals surface area contributed by atoms with Gasteiger partial charge in [0, 0.05) is 14.0 Å². The number of anilines is 1. The molecule has 0 saturated carbocycles. The van der Waals surface area contributed by atoms with E-state index in [0.29, 0.717) is 5.82 Å². The number of carbonyl (C=O) groups excluding carboxylic acids is 1. The Morgan fingerprint density at radius 3 is 2.36 bits per heavy atom. The average Bonchev–Trinajstić information content (AvgIpc) is 2.16. The SMILES string of the molecule is CC(=O)N(C)c1cnc(C(=O)O)cn1. The molecule has 0 atom stereocenters. The van der Waals surface area contributed by atoms with Gasteiger partial charge in [0.2, 0.25) is 5.91 Å². The maximum Gasteiger partial charge on any atom is 0.356 e. The molecule has 0 aliphatic carbocycles. The molecule has 0 fully saturated rings. The van der Waals surface area contributed by atoms with Gasteiger partial charge in [-0.25, -0.2) is 14.8 Å². The first kappa shape index (κ1) is 10.1. The smallest absolute Gasteiger partial charge is 0.356 e. The van der Waals surface area contributed by atoms with Gasteiger partial charge in [0.15, 0.2) is 11.5 Å². The van der Waals surface area contributed by atoms with Crippen LogP contribution in [0.15, 0.2) is 12.4 Å². The van der Waals surface area contributed by atoms with Gasteiger partial charge >= 0.3 is 5.97 Å². The summed E-state index contributed by atoms with van der Waals surface area (Å²) in [5.74, 6) is -1.01. The molecule has 1 rings (SSSR count). The molecular formula is C8H9N3O3. The monoisotopic (exact) mass is 195 g/mol. The second kappa shape index (κ2) is 3.82. The summed E-state index contributed by atoms with van der Waals surface area (Å²) in [6.07, 6.45) is 2.35. The van der Waals surface area contributed by atoms with Gasteiger partial charge in [0.1, 0.15) is 0 Å². The third-order valence-electron chi connectivity index (χ3n) is 1.67. The van der Waals surface area contributed by atoms with Gasteiger partial charge in [0.05, 0.1) is 12.4 Å². The van der Waals surface area contributed by atoms with Gasteiger partial charge in [-0.05, 0) is 0 Å². The van der Waals surface area contributed by atoms with Gasteiger partial charge in [-0.2, -0.15) is 0 Å². The summed E-state index contributed by atoms with van der Waals surface area (Å²) < 4.78 is 0. The van der Waals surface area contributed by atoms with Crippen LogP contribution in [0.2, 0.25) is 0 Å². The summed E-state index contributed by atoms with van der Waals surface area (Å²) in [5, 5.41) is 8.54. The van der Waals surface area contributed by atoms with Gasteiger partial charge in [-0.1, -0.05) is 0 Å². The number of carbonyl (C=O) groups is 2. The Hall–Kier alpha value is -1.98. The lowest BCUT2D eigenvalue weighted by Crippen LogP contribution is -2.24. The average molecular weight is 195 g/mol. The van der Waals surface area contributed by atoms with E-state index in [0.717, 1.165) is 6.20 Å². The number of amides is 1. The molecule has 0 aliphatic heterocycles. The molecule has 1 aromatic rings. The van der Waals surface area contributed by atoms with E-state index in [1.54, 1.807) is 0 Å². The number of rotatable bonds is 2. The highest BCUT2D eigenvalue weighted by Crippen LogP contribution is 2.06. The van der Waals surface area contributed by atoms with Crippen LogP contribution in [0, 0.1) is 0 Å². The molecular weight excluding hydrogens is 186 g/mol. The highest BCUT2D eigenvalue weighted by Gasteiger charge is 2.09. The molecule has 0 radical (unpaired) electrons. The maximum atomic E-state index is 10.9. The second-order valence-corrected chi connectivity index (χ2v) is 2.64. The number of hydrogen-bond acceptors (Lipinski definition) is 4. The zero-order chi connectivity index (χ0) is 10.7. The molecule has 0 bridgehead atoms. The van der Waals surface area contributed by atoms with E-state index in [2.05, 4.69) is 9.97 Å². The molecule has 0 aromatic carbocycles. The molecule has 1 N–H and O–H groups in total. The van der Waals surface area contributed by atoms with Crippen LogP contribution in [0.4, 0.5) is 5.82 Å². The van der Waals surface area contributed by atoms with Crippen LogP contribution in [-0.2, 0) is 4.79 Å². The Morgan fingerprint density at radius 1 is 1.36 bits per heavy atom.